The molecule has 1 atom stereocenters. The zero-order valence-corrected chi connectivity index (χ0v) is 18.9. The van der Waals surface area contributed by atoms with E-state index in [9.17, 15) is 4.79 Å². The molecule has 1 amide bonds. The number of carbonyl (C=O) groups is 1. The van der Waals surface area contributed by atoms with Gasteiger partial charge in [-0.3, -0.25) is 4.79 Å². The van der Waals surface area contributed by atoms with Gasteiger partial charge >= 0.3 is 0 Å². The lowest BCUT2D eigenvalue weighted by molar-refractivity contribution is -0.113. The van der Waals surface area contributed by atoms with E-state index in [4.69, 9.17) is 14.8 Å². The molecule has 0 saturated heterocycles. The minimum Gasteiger partial charge on any atom is -0.494 e. The molecule has 0 spiro atoms. The molecule has 2 aromatic heterocycles. The number of nitrogens with one attached hydrogen (secondary N) is 1. The summed E-state index contributed by atoms with van der Waals surface area (Å²) in [5.41, 5.74) is 3.97. The van der Waals surface area contributed by atoms with Crippen LogP contribution in [0.1, 0.15) is 35.4 Å². The first-order chi connectivity index (χ1) is 15.1. The van der Waals surface area contributed by atoms with E-state index in [-0.39, 0.29) is 11.2 Å². The van der Waals surface area contributed by atoms with Gasteiger partial charge in [0.05, 0.1) is 33.5 Å². The molecule has 2 aromatic carbocycles. The summed E-state index contributed by atoms with van der Waals surface area (Å²) in [7, 11) is 0. The number of aryl methyl sites for hydroxylation is 1. The average Bonchev–Trinajstić information content (AvgIpc) is 3.29. The maximum Gasteiger partial charge on any atom is 0.235 e. The Balaban J connectivity index is 1.58. The summed E-state index contributed by atoms with van der Waals surface area (Å²) < 4.78 is 8.60. The van der Waals surface area contributed by atoms with Gasteiger partial charge in [-0.15, -0.1) is 11.8 Å². The molecule has 4 aromatic rings. The standard InChI is InChI=1S/C23H22N4O2S2/c1-3-12-29-16-10-8-15(9-11-16)21-20-14(2)26-27(22(20)25-19(28)13-30-21)23-24-17-6-4-5-7-18(17)31-23/h4-11,21H,3,12-13H2,1-2H3,(H,25,28)/t21-/m1/s1. The molecule has 0 bridgehead atoms. The Hall–Kier alpha value is -2.84. The van der Waals surface area contributed by atoms with E-state index in [1.807, 2.05) is 43.3 Å². The first-order valence-corrected chi connectivity index (χ1v) is 12.1. The van der Waals surface area contributed by atoms with Crippen LogP contribution < -0.4 is 10.1 Å². The van der Waals surface area contributed by atoms with Crippen LogP contribution in [0.2, 0.25) is 0 Å². The highest BCUT2D eigenvalue weighted by atomic mass is 32.2. The van der Waals surface area contributed by atoms with Crippen molar-refractivity contribution in [2.24, 2.45) is 0 Å². The van der Waals surface area contributed by atoms with Crippen LogP contribution in [0.3, 0.4) is 0 Å². The summed E-state index contributed by atoms with van der Waals surface area (Å²) in [6, 6.07) is 16.2. The minimum absolute atomic E-state index is 0.00250. The number of hydrogen-bond donors (Lipinski definition) is 1. The molecule has 5 rings (SSSR count). The van der Waals surface area contributed by atoms with E-state index >= 15 is 0 Å². The second-order valence-corrected chi connectivity index (χ2v) is 9.48. The van der Waals surface area contributed by atoms with Gasteiger partial charge in [-0.05, 0) is 43.2 Å². The minimum atomic E-state index is -0.0288. The van der Waals surface area contributed by atoms with Gasteiger partial charge in [0, 0.05) is 5.56 Å². The van der Waals surface area contributed by atoms with E-state index in [2.05, 4.69) is 24.4 Å². The molecule has 158 valence electrons. The van der Waals surface area contributed by atoms with E-state index in [0.29, 0.717) is 18.2 Å². The monoisotopic (exact) mass is 450 g/mol. The van der Waals surface area contributed by atoms with Crippen LogP contribution in [0.25, 0.3) is 15.3 Å². The van der Waals surface area contributed by atoms with Gasteiger partial charge in [0.1, 0.15) is 11.6 Å². The number of thioether (sulfide) groups is 1. The summed E-state index contributed by atoms with van der Waals surface area (Å²) >= 11 is 3.18. The normalized spacial score (nSPS) is 16.1. The number of ether oxygens (including phenoxy) is 1. The zero-order chi connectivity index (χ0) is 21.4. The number of amides is 1. The average molecular weight is 451 g/mol. The van der Waals surface area contributed by atoms with Gasteiger partial charge in [-0.2, -0.15) is 9.78 Å². The highest BCUT2D eigenvalue weighted by Crippen LogP contribution is 2.44. The molecule has 0 unspecified atom stereocenters. The van der Waals surface area contributed by atoms with Crippen LogP contribution in [0.15, 0.2) is 48.5 Å². The summed E-state index contributed by atoms with van der Waals surface area (Å²) in [4.78, 5) is 17.3. The van der Waals surface area contributed by atoms with Crippen LogP contribution in [-0.4, -0.2) is 33.0 Å². The Bertz CT molecular complexity index is 1210. The molecule has 31 heavy (non-hydrogen) atoms. The highest BCUT2D eigenvalue weighted by Gasteiger charge is 2.31. The maximum atomic E-state index is 12.5. The summed E-state index contributed by atoms with van der Waals surface area (Å²) in [6.45, 7) is 4.79. The molecule has 0 fully saturated rings. The van der Waals surface area contributed by atoms with E-state index in [0.717, 1.165) is 44.3 Å². The fourth-order valence-corrected chi connectivity index (χ4v) is 5.81. The third-order valence-corrected chi connectivity index (χ3v) is 7.41. The molecular formula is C23H22N4O2S2. The number of anilines is 1. The number of benzene rings is 2. The molecule has 6 nitrogen and oxygen atoms in total. The van der Waals surface area contributed by atoms with Crippen LogP contribution in [-0.2, 0) is 4.79 Å². The predicted molar refractivity (Wildman–Crippen MR) is 127 cm³/mol. The van der Waals surface area contributed by atoms with Gasteiger partial charge in [-0.25, -0.2) is 4.98 Å². The number of hydrogen-bond acceptors (Lipinski definition) is 6. The third kappa shape index (κ3) is 3.81. The quantitative estimate of drug-likeness (QED) is 0.444. The first kappa shape index (κ1) is 20.1. The Morgan fingerprint density at radius 1 is 1.19 bits per heavy atom. The Labute approximate surface area is 188 Å². The van der Waals surface area contributed by atoms with Crippen molar-refractivity contribution in [1.29, 1.82) is 0 Å². The van der Waals surface area contributed by atoms with Crippen molar-refractivity contribution in [3.8, 4) is 10.9 Å². The SMILES string of the molecule is CCCOc1ccc([C@H]2SCC(=O)Nc3c2c(C)nn3-c2nc3ccccc3s2)cc1. The predicted octanol–water partition coefficient (Wildman–Crippen LogP) is 5.35. The molecular weight excluding hydrogens is 428 g/mol. The molecule has 0 radical (unpaired) electrons. The van der Waals surface area contributed by atoms with E-state index in [1.165, 1.54) is 0 Å². The fraction of sp³-hybridized carbons (Fsp3) is 0.261. The lowest BCUT2D eigenvalue weighted by atomic mass is 10.0. The lowest BCUT2D eigenvalue weighted by Crippen LogP contribution is -2.15. The lowest BCUT2D eigenvalue weighted by Gasteiger charge is -2.16. The second-order valence-electron chi connectivity index (χ2n) is 7.38. The van der Waals surface area contributed by atoms with Gasteiger partial charge in [0.2, 0.25) is 11.0 Å². The number of fused-ring (bicyclic) bond motifs is 2. The van der Waals surface area contributed by atoms with Gasteiger partial charge in [0.15, 0.2) is 0 Å². The van der Waals surface area contributed by atoms with Crippen molar-refractivity contribution in [3.05, 3.63) is 65.4 Å². The number of rotatable bonds is 5. The van der Waals surface area contributed by atoms with Crippen LogP contribution in [0.5, 0.6) is 5.75 Å². The van der Waals surface area contributed by atoms with Crippen molar-refractivity contribution in [1.82, 2.24) is 14.8 Å². The highest BCUT2D eigenvalue weighted by molar-refractivity contribution is 8.00. The molecule has 1 aliphatic rings. The first-order valence-electron chi connectivity index (χ1n) is 10.2. The van der Waals surface area contributed by atoms with Gasteiger partial charge in [-0.1, -0.05) is 42.5 Å². The molecule has 0 aliphatic carbocycles. The van der Waals surface area contributed by atoms with Crippen LogP contribution in [0, 0.1) is 6.92 Å². The zero-order valence-electron chi connectivity index (χ0n) is 17.3. The van der Waals surface area contributed by atoms with Gasteiger partial charge in [0.25, 0.3) is 0 Å². The Morgan fingerprint density at radius 2 is 2.00 bits per heavy atom. The summed E-state index contributed by atoms with van der Waals surface area (Å²) in [6.07, 6.45) is 0.974. The molecule has 0 saturated carbocycles. The number of carbonyl (C=O) groups excluding carboxylic acids is 1. The topological polar surface area (TPSA) is 69.0 Å². The molecule has 1 N–H and O–H groups in total. The largest absolute Gasteiger partial charge is 0.494 e. The van der Waals surface area contributed by atoms with Crippen molar-refractivity contribution in [3.63, 3.8) is 0 Å². The van der Waals surface area contributed by atoms with Crippen molar-refractivity contribution in [2.45, 2.75) is 25.5 Å². The molecule has 3 heterocycles. The number of para-hydroxylation sites is 1. The van der Waals surface area contributed by atoms with Crippen molar-refractivity contribution in [2.75, 3.05) is 17.7 Å². The Morgan fingerprint density at radius 3 is 2.77 bits per heavy atom. The van der Waals surface area contributed by atoms with Crippen molar-refractivity contribution >= 4 is 45.0 Å². The summed E-state index contributed by atoms with van der Waals surface area (Å²) in [5.74, 6) is 1.93. The summed E-state index contributed by atoms with van der Waals surface area (Å²) in [5, 5.41) is 8.60. The van der Waals surface area contributed by atoms with E-state index < -0.39 is 0 Å². The maximum absolute atomic E-state index is 12.5. The number of nitrogens with zero attached hydrogens (tertiary/aromatic N) is 3. The van der Waals surface area contributed by atoms with Gasteiger partial charge < -0.3 is 10.1 Å². The molecule has 8 heteroatoms. The van der Waals surface area contributed by atoms with Crippen LogP contribution in [0.4, 0.5) is 5.82 Å². The molecule has 1 aliphatic heterocycles. The Kier molecular flexibility index (Phi) is 5.41. The second kappa shape index (κ2) is 8.36. The number of thiazole rings is 1. The third-order valence-electron chi connectivity index (χ3n) is 5.13. The fourth-order valence-electron chi connectivity index (χ4n) is 3.69. The van der Waals surface area contributed by atoms with Crippen molar-refractivity contribution < 1.29 is 9.53 Å². The smallest absolute Gasteiger partial charge is 0.235 e. The van der Waals surface area contributed by atoms with E-state index in [1.54, 1.807) is 27.8 Å². The number of aromatic nitrogens is 3. The van der Waals surface area contributed by atoms with Crippen LogP contribution >= 0.6 is 23.1 Å².